The van der Waals surface area contributed by atoms with Crippen molar-refractivity contribution in [2.75, 3.05) is 19.3 Å². The van der Waals surface area contributed by atoms with Gasteiger partial charge in [0.1, 0.15) is 0 Å². The van der Waals surface area contributed by atoms with E-state index >= 15 is 0 Å². The van der Waals surface area contributed by atoms with Crippen LogP contribution in [0.5, 0.6) is 0 Å². The van der Waals surface area contributed by atoms with Crippen LogP contribution in [-0.4, -0.2) is 37.6 Å². The summed E-state index contributed by atoms with van der Waals surface area (Å²) in [6.07, 6.45) is -0.619. The van der Waals surface area contributed by atoms with Crippen molar-refractivity contribution in [2.24, 2.45) is 0 Å². The zero-order valence-electron chi connectivity index (χ0n) is 13.6. The number of amides is 2. The molecular formula is C18H18F2N2O2S. The number of hydrogen-bond donors (Lipinski definition) is 2. The zero-order chi connectivity index (χ0) is 18.2. The first-order valence-corrected chi connectivity index (χ1v) is 8.79. The predicted octanol–water partition coefficient (Wildman–Crippen LogP) is 3.19. The summed E-state index contributed by atoms with van der Waals surface area (Å²) >= 11 is 1.65. The Kier molecular flexibility index (Phi) is 6.94. The Balaban J connectivity index is 1.99. The summed E-state index contributed by atoms with van der Waals surface area (Å²) in [5.74, 6) is -1.09. The van der Waals surface area contributed by atoms with Crippen LogP contribution in [-0.2, 0) is 4.79 Å². The SMILES string of the molecule is CSc1ccc(-c2cccc(C(=O)NCC(=O)NCC(F)F)c2)cc1. The normalized spacial score (nSPS) is 10.6. The molecule has 2 aromatic carbocycles. The molecule has 0 spiro atoms. The average molecular weight is 364 g/mol. The number of rotatable bonds is 7. The first kappa shape index (κ1) is 18.9. The van der Waals surface area contributed by atoms with Gasteiger partial charge in [0.05, 0.1) is 13.1 Å². The molecule has 4 nitrogen and oxygen atoms in total. The molecular weight excluding hydrogens is 346 g/mol. The van der Waals surface area contributed by atoms with Crippen LogP contribution in [0.2, 0.25) is 0 Å². The third-order valence-electron chi connectivity index (χ3n) is 3.41. The van der Waals surface area contributed by atoms with Gasteiger partial charge >= 0.3 is 0 Å². The van der Waals surface area contributed by atoms with Crippen LogP contribution in [0, 0.1) is 0 Å². The summed E-state index contributed by atoms with van der Waals surface area (Å²) in [6, 6.07) is 14.9. The van der Waals surface area contributed by atoms with E-state index in [-0.39, 0.29) is 6.54 Å². The van der Waals surface area contributed by atoms with E-state index < -0.39 is 24.8 Å². The fourth-order valence-electron chi connectivity index (χ4n) is 2.14. The second-order valence-corrected chi connectivity index (χ2v) is 6.07. The summed E-state index contributed by atoms with van der Waals surface area (Å²) in [5.41, 5.74) is 2.25. The monoisotopic (exact) mass is 364 g/mol. The van der Waals surface area contributed by atoms with E-state index in [0.29, 0.717) is 5.56 Å². The maximum Gasteiger partial charge on any atom is 0.255 e. The zero-order valence-corrected chi connectivity index (χ0v) is 14.4. The lowest BCUT2D eigenvalue weighted by Gasteiger charge is -2.08. The van der Waals surface area contributed by atoms with Gasteiger partial charge < -0.3 is 10.6 Å². The number of benzene rings is 2. The Hall–Kier alpha value is -2.41. The Morgan fingerprint density at radius 1 is 1.04 bits per heavy atom. The summed E-state index contributed by atoms with van der Waals surface area (Å²) < 4.78 is 24.0. The maximum absolute atomic E-state index is 12.1. The van der Waals surface area contributed by atoms with Gasteiger partial charge in [-0.05, 0) is 41.6 Å². The van der Waals surface area contributed by atoms with Gasteiger partial charge in [0.25, 0.3) is 12.3 Å². The minimum atomic E-state index is -2.62. The predicted molar refractivity (Wildman–Crippen MR) is 95.0 cm³/mol. The first-order valence-electron chi connectivity index (χ1n) is 7.57. The van der Waals surface area contributed by atoms with Crippen LogP contribution < -0.4 is 10.6 Å². The van der Waals surface area contributed by atoms with Crippen LogP contribution in [0.3, 0.4) is 0 Å². The third-order valence-corrected chi connectivity index (χ3v) is 4.15. The standard InChI is InChI=1S/C18H18F2N2O2S/c1-25-15-7-5-12(6-8-15)13-3-2-4-14(9-13)18(24)22-11-17(23)21-10-16(19)20/h2-9,16H,10-11H2,1H3,(H,21,23)(H,22,24). The highest BCUT2D eigenvalue weighted by molar-refractivity contribution is 7.98. The van der Waals surface area contributed by atoms with E-state index in [2.05, 4.69) is 5.32 Å². The molecule has 0 saturated heterocycles. The van der Waals surface area contributed by atoms with Crippen molar-refractivity contribution in [3.63, 3.8) is 0 Å². The smallest absolute Gasteiger partial charge is 0.255 e. The number of nitrogens with one attached hydrogen (secondary N) is 2. The number of thioether (sulfide) groups is 1. The van der Waals surface area contributed by atoms with Crippen molar-refractivity contribution in [3.05, 3.63) is 54.1 Å². The summed E-state index contributed by atoms with van der Waals surface area (Å²) in [7, 11) is 0. The highest BCUT2D eigenvalue weighted by atomic mass is 32.2. The molecule has 0 aliphatic rings. The van der Waals surface area contributed by atoms with Crippen LogP contribution in [0.1, 0.15) is 10.4 Å². The van der Waals surface area contributed by atoms with E-state index in [0.717, 1.165) is 16.0 Å². The second-order valence-electron chi connectivity index (χ2n) is 5.19. The first-order chi connectivity index (χ1) is 12.0. The number of halogens is 2. The molecule has 0 radical (unpaired) electrons. The van der Waals surface area contributed by atoms with Crippen LogP contribution in [0.4, 0.5) is 8.78 Å². The summed E-state index contributed by atoms with van der Waals surface area (Å²) in [4.78, 5) is 24.6. The second kappa shape index (κ2) is 9.17. The maximum atomic E-state index is 12.1. The van der Waals surface area contributed by atoms with Crippen molar-refractivity contribution in [1.29, 1.82) is 0 Å². The van der Waals surface area contributed by atoms with Gasteiger partial charge in [-0.25, -0.2) is 8.78 Å². The van der Waals surface area contributed by atoms with Gasteiger partial charge in [-0.3, -0.25) is 9.59 Å². The number of carbonyl (C=O) groups is 2. The van der Waals surface area contributed by atoms with Gasteiger partial charge in [0.15, 0.2) is 0 Å². The molecule has 0 bridgehead atoms. The molecule has 2 amide bonds. The molecule has 2 aromatic rings. The number of hydrogen-bond acceptors (Lipinski definition) is 3. The fourth-order valence-corrected chi connectivity index (χ4v) is 2.55. The van der Waals surface area contributed by atoms with Crippen LogP contribution >= 0.6 is 11.8 Å². The number of carbonyl (C=O) groups excluding carboxylic acids is 2. The van der Waals surface area contributed by atoms with Gasteiger partial charge in [-0.15, -0.1) is 11.8 Å². The van der Waals surface area contributed by atoms with E-state index in [4.69, 9.17) is 0 Å². The number of alkyl halides is 2. The van der Waals surface area contributed by atoms with E-state index in [9.17, 15) is 18.4 Å². The lowest BCUT2D eigenvalue weighted by molar-refractivity contribution is -0.120. The molecule has 7 heteroatoms. The van der Waals surface area contributed by atoms with Gasteiger partial charge in [0, 0.05) is 10.5 Å². The van der Waals surface area contributed by atoms with Crippen molar-refractivity contribution < 1.29 is 18.4 Å². The molecule has 0 aliphatic carbocycles. The highest BCUT2D eigenvalue weighted by Gasteiger charge is 2.10. The van der Waals surface area contributed by atoms with Gasteiger partial charge in [-0.1, -0.05) is 24.3 Å². The average Bonchev–Trinajstić information content (AvgIpc) is 2.64. The molecule has 0 aliphatic heterocycles. The molecule has 0 heterocycles. The van der Waals surface area contributed by atoms with E-state index in [1.807, 2.05) is 41.9 Å². The van der Waals surface area contributed by atoms with E-state index in [1.165, 1.54) is 0 Å². The van der Waals surface area contributed by atoms with Crippen molar-refractivity contribution in [3.8, 4) is 11.1 Å². The van der Waals surface area contributed by atoms with E-state index in [1.54, 1.807) is 30.0 Å². The molecule has 25 heavy (non-hydrogen) atoms. The fraction of sp³-hybridized carbons (Fsp3) is 0.222. The molecule has 0 atom stereocenters. The van der Waals surface area contributed by atoms with Crippen LogP contribution in [0.25, 0.3) is 11.1 Å². The Morgan fingerprint density at radius 2 is 1.76 bits per heavy atom. The Labute approximate surface area is 149 Å². The Morgan fingerprint density at radius 3 is 2.40 bits per heavy atom. The summed E-state index contributed by atoms with van der Waals surface area (Å²) in [6.45, 7) is -1.07. The van der Waals surface area contributed by atoms with Crippen molar-refractivity contribution in [1.82, 2.24) is 10.6 Å². The molecule has 2 rings (SSSR count). The van der Waals surface area contributed by atoms with Crippen LogP contribution in [0.15, 0.2) is 53.4 Å². The molecule has 2 N–H and O–H groups in total. The van der Waals surface area contributed by atoms with Gasteiger partial charge in [-0.2, -0.15) is 0 Å². The summed E-state index contributed by atoms with van der Waals surface area (Å²) in [5, 5.41) is 4.45. The quantitative estimate of drug-likeness (QED) is 0.742. The third kappa shape index (κ3) is 5.86. The van der Waals surface area contributed by atoms with Gasteiger partial charge in [0.2, 0.25) is 5.91 Å². The Bertz CT molecular complexity index is 736. The lowest BCUT2D eigenvalue weighted by Crippen LogP contribution is -2.38. The minimum absolute atomic E-state index is 0.349. The molecule has 132 valence electrons. The highest BCUT2D eigenvalue weighted by Crippen LogP contribution is 2.23. The lowest BCUT2D eigenvalue weighted by atomic mass is 10.0. The molecule has 0 fully saturated rings. The largest absolute Gasteiger partial charge is 0.349 e. The molecule has 0 saturated carbocycles. The molecule has 0 unspecified atom stereocenters. The van der Waals surface area contributed by atoms with Crippen molar-refractivity contribution in [2.45, 2.75) is 11.3 Å². The van der Waals surface area contributed by atoms with Crippen molar-refractivity contribution >= 4 is 23.6 Å². The minimum Gasteiger partial charge on any atom is -0.349 e. The molecule has 0 aromatic heterocycles. The topological polar surface area (TPSA) is 58.2 Å².